The zero-order valence-corrected chi connectivity index (χ0v) is 19.2. The number of nitrogens with zero attached hydrogens (tertiary/aromatic N) is 2. The molecule has 0 saturated heterocycles. The molecule has 0 aliphatic rings. The molecule has 1 aromatic heterocycles. The highest BCUT2D eigenvalue weighted by atomic mass is 16.6. The summed E-state index contributed by atoms with van der Waals surface area (Å²) in [6.45, 7) is 0.0881. The van der Waals surface area contributed by atoms with E-state index >= 15 is 0 Å². The number of guanidine groups is 1. The van der Waals surface area contributed by atoms with Gasteiger partial charge in [-0.2, -0.15) is 0 Å². The zero-order chi connectivity index (χ0) is 24.8. The minimum atomic E-state index is -0.728. The maximum Gasteiger partial charge on any atom is 0.417 e. The molecule has 9 nitrogen and oxygen atoms in total. The fourth-order valence-corrected chi connectivity index (χ4v) is 3.63. The number of aromatic nitrogens is 1. The molecule has 4 aromatic rings. The lowest BCUT2D eigenvalue weighted by Crippen LogP contribution is -2.41. The highest BCUT2D eigenvalue weighted by molar-refractivity contribution is 6.01. The first-order valence-electron chi connectivity index (χ1n) is 10.9. The number of hydrogen-bond acceptors (Lipinski definition) is 4. The van der Waals surface area contributed by atoms with E-state index in [9.17, 15) is 9.59 Å². The maximum atomic E-state index is 12.5. The highest BCUT2D eigenvalue weighted by Crippen LogP contribution is 2.20. The average Bonchev–Trinajstić information content (AvgIpc) is 3.21. The first kappa shape index (κ1) is 23.4. The van der Waals surface area contributed by atoms with Crippen molar-refractivity contribution in [3.63, 3.8) is 0 Å². The molecule has 35 heavy (non-hydrogen) atoms. The summed E-state index contributed by atoms with van der Waals surface area (Å²) in [5, 5.41) is 14.4. The van der Waals surface area contributed by atoms with Gasteiger partial charge >= 0.3 is 12.1 Å². The van der Waals surface area contributed by atoms with Gasteiger partial charge in [-0.25, -0.2) is 14.5 Å². The Kier molecular flexibility index (Phi) is 6.96. The molecular formula is C26H26N6O3. The van der Waals surface area contributed by atoms with Gasteiger partial charge in [0.05, 0.1) is 6.54 Å². The summed E-state index contributed by atoms with van der Waals surface area (Å²) in [4.78, 5) is 26.1. The van der Waals surface area contributed by atoms with Crippen molar-refractivity contribution in [2.24, 2.45) is 12.8 Å². The number of fused-ring (bicyclic) bond motifs is 1. The van der Waals surface area contributed by atoms with Gasteiger partial charge in [-0.3, -0.25) is 5.41 Å². The number of aryl methyl sites for hydroxylation is 1. The average molecular weight is 471 g/mol. The number of anilines is 2. The van der Waals surface area contributed by atoms with Crippen LogP contribution in [0.5, 0.6) is 0 Å². The van der Waals surface area contributed by atoms with Gasteiger partial charge in [0.15, 0.2) is 5.96 Å². The topological polar surface area (TPSA) is 125 Å². The van der Waals surface area contributed by atoms with Crippen molar-refractivity contribution in [3.8, 4) is 0 Å². The second-order valence-corrected chi connectivity index (χ2v) is 7.99. The van der Waals surface area contributed by atoms with Crippen LogP contribution in [-0.2, 0) is 24.9 Å². The summed E-state index contributed by atoms with van der Waals surface area (Å²) in [5.41, 5.74) is 9.39. The Morgan fingerprint density at radius 2 is 1.66 bits per heavy atom. The maximum absolute atomic E-state index is 12.5. The molecule has 0 spiro atoms. The summed E-state index contributed by atoms with van der Waals surface area (Å²) >= 11 is 0. The van der Waals surface area contributed by atoms with Crippen LogP contribution in [0.25, 0.3) is 10.9 Å². The second kappa shape index (κ2) is 10.4. The summed E-state index contributed by atoms with van der Waals surface area (Å²) in [6, 6.07) is 23.5. The van der Waals surface area contributed by atoms with E-state index in [0.717, 1.165) is 21.4 Å². The molecule has 0 unspecified atom stereocenters. The van der Waals surface area contributed by atoms with Crippen LogP contribution in [0.2, 0.25) is 0 Å². The Morgan fingerprint density at radius 3 is 2.40 bits per heavy atom. The van der Waals surface area contributed by atoms with E-state index < -0.39 is 18.1 Å². The number of carbonyl (C=O) groups is 2. The minimum absolute atomic E-state index is 0.0186. The molecule has 1 heterocycles. The molecule has 0 atom stereocenters. The summed E-state index contributed by atoms with van der Waals surface area (Å²) in [6.07, 6.45) is 1.23. The standard InChI is InChI=1S/C26H26N6O3/c1-31-13-12-20-15-22(10-11-23(20)31)30-25(33)29-21-9-5-8-19(14-21)16-32(24(27)28)26(34)35-17-18-6-3-2-4-7-18/h2-15H,16-17H2,1H3,(H3,27,28)(H2,29,30,33). The Balaban J connectivity index is 1.37. The third-order valence-corrected chi connectivity index (χ3v) is 5.38. The Morgan fingerprint density at radius 1 is 0.943 bits per heavy atom. The van der Waals surface area contributed by atoms with E-state index in [4.69, 9.17) is 15.9 Å². The van der Waals surface area contributed by atoms with E-state index in [1.54, 1.807) is 24.3 Å². The number of hydrogen-bond donors (Lipinski definition) is 4. The number of carbonyl (C=O) groups excluding carboxylic acids is 2. The first-order valence-corrected chi connectivity index (χ1v) is 10.9. The fraction of sp³-hybridized carbons (Fsp3) is 0.115. The van der Waals surface area contributed by atoms with Crippen LogP contribution in [0.4, 0.5) is 21.0 Å². The van der Waals surface area contributed by atoms with Gasteiger partial charge < -0.3 is 25.7 Å². The molecule has 0 aliphatic heterocycles. The number of rotatable bonds is 6. The van der Waals surface area contributed by atoms with E-state index in [-0.39, 0.29) is 13.2 Å². The Hall–Kier alpha value is -4.79. The van der Waals surface area contributed by atoms with E-state index in [1.165, 1.54) is 0 Å². The van der Waals surface area contributed by atoms with Crippen molar-refractivity contribution in [1.82, 2.24) is 9.47 Å². The monoisotopic (exact) mass is 470 g/mol. The summed E-state index contributed by atoms with van der Waals surface area (Å²) in [7, 11) is 1.96. The van der Waals surface area contributed by atoms with Gasteiger partial charge in [-0.1, -0.05) is 42.5 Å². The number of ether oxygens (including phenoxy) is 1. The zero-order valence-electron chi connectivity index (χ0n) is 19.2. The van der Waals surface area contributed by atoms with Crippen LogP contribution in [0.3, 0.4) is 0 Å². The predicted molar refractivity (Wildman–Crippen MR) is 136 cm³/mol. The number of urea groups is 1. The molecule has 3 amide bonds. The lowest BCUT2D eigenvalue weighted by Gasteiger charge is -2.20. The molecule has 0 fully saturated rings. The van der Waals surface area contributed by atoms with Crippen LogP contribution >= 0.6 is 0 Å². The van der Waals surface area contributed by atoms with Crippen LogP contribution < -0.4 is 16.4 Å². The van der Waals surface area contributed by atoms with Crippen LogP contribution in [-0.4, -0.2) is 27.6 Å². The molecule has 0 saturated carbocycles. The smallest absolute Gasteiger partial charge is 0.417 e. The fourth-order valence-electron chi connectivity index (χ4n) is 3.63. The highest BCUT2D eigenvalue weighted by Gasteiger charge is 2.19. The molecule has 3 aromatic carbocycles. The van der Waals surface area contributed by atoms with Crippen molar-refractivity contribution in [2.45, 2.75) is 13.2 Å². The number of benzene rings is 3. The van der Waals surface area contributed by atoms with Gasteiger partial charge in [-0.15, -0.1) is 0 Å². The van der Waals surface area contributed by atoms with Crippen molar-refractivity contribution >= 4 is 40.4 Å². The number of amides is 3. The van der Waals surface area contributed by atoms with Gasteiger partial charge in [0.1, 0.15) is 6.61 Å². The van der Waals surface area contributed by atoms with Crippen molar-refractivity contribution in [1.29, 1.82) is 5.41 Å². The van der Waals surface area contributed by atoms with E-state index in [0.29, 0.717) is 16.9 Å². The largest absolute Gasteiger partial charge is 0.444 e. The van der Waals surface area contributed by atoms with E-state index in [2.05, 4.69) is 10.6 Å². The lowest BCUT2D eigenvalue weighted by atomic mass is 10.2. The van der Waals surface area contributed by atoms with Gasteiger partial charge in [0.2, 0.25) is 0 Å². The molecule has 0 radical (unpaired) electrons. The Bertz CT molecular complexity index is 1370. The normalized spacial score (nSPS) is 10.5. The number of nitrogens with two attached hydrogens (primary N) is 1. The first-order chi connectivity index (χ1) is 16.9. The van der Waals surface area contributed by atoms with Crippen molar-refractivity contribution in [2.75, 3.05) is 10.6 Å². The third-order valence-electron chi connectivity index (χ3n) is 5.38. The predicted octanol–water partition coefficient (Wildman–Crippen LogP) is 4.85. The molecule has 9 heteroatoms. The van der Waals surface area contributed by atoms with Crippen molar-refractivity contribution < 1.29 is 14.3 Å². The quantitative estimate of drug-likeness (QED) is 0.237. The SMILES string of the molecule is Cn1ccc2cc(NC(=O)Nc3cccc(CN(C(=N)N)C(=O)OCc4ccccc4)c3)ccc21. The number of nitrogens with one attached hydrogen (secondary N) is 3. The molecular weight excluding hydrogens is 444 g/mol. The lowest BCUT2D eigenvalue weighted by molar-refractivity contribution is 0.114. The summed E-state index contributed by atoms with van der Waals surface area (Å²) < 4.78 is 7.31. The minimum Gasteiger partial charge on any atom is -0.444 e. The molecule has 178 valence electrons. The summed E-state index contributed by atoms with van der Waals surface area (Å²) in [5.74, 6) is -0.435. The Labute approximate surface area is 202 Å². The van der Waals surface area contributed by atoms with Crippen LogP contribution in [0, 0.1) is 5.41 Å². The van der Waals surface area contributed by atoms with Gasteiger partial charge in [0, 0.05) is 35.5 Å². The third kappa shape index (κ3) is 5.97. The van der Waals surface area contributed by atoms with Gasteiger partial charge in [0.25, 0.3) is 0 Å². The van der Waals surface area contributed by atoms with E-state index in [1.807, 2.05) is 72.4 Å². The molecule has 0 aliphatic carbocycles. The molecule has 0 bridgehead atoms. The van der Waals surface area contributed by atoms with Crippen LogP contribution in [0.15, 0.2) is 85.1 Å². The van der Waals surface area contributed by atoms with Gasteiger partial charge in [-0.05, 0) is 47.5 Å². The molecule has 4 rings (SSSR count). The van der Waals surface area contributed by atoms with Crippen molar-refractivity contribution in [3.05, 3.63) is 96.2 Å². The van der Waals surface area contributed by atoms with Crippen LogP contribution in [0.1, 0.15) is 11.1 Å². The second-order valence-electron chi connectivity index (χ2n) is 7.99. The molecule has 5 N–H and O–H groups in total.